The highest BCUT2D eigenvalue weighted by Gasteiger charge is 2.31. The quantitative estimate of drug-likeness (QED) is 0.736. The third kappa shape index (κ3) is 3.50. The molecular formula is C10H19NO2S. The summed E-state index contributed by atoms with van der Waals surface area (Å²) < 4.78 is 0. The number of hydrogen-bond donors (Lipinski definition) is 2. The molecule has 0 radical (unpaired) electrons. The number of carboxylic acid groups (broad SMARTS) is 1. The second kappa shape index (κ2) is 5.61. The van der Waals surface area contributed by atoms with Crippen LogP contribution in [-0.2, 0) is 4.79 Å². The Morgan fingerprint density at radius 3 is 2.50 bits per heavy atom. The van der Waals surface area contributed by atoms with Gasteiger partial charge in [0.05, 0.1) is 0 Å². The maximum absolute atomic E-state index is 10.6. The normalized spacial score (nSPS) is 20.6. The molecule has 4 heteroatoms. The zero-order valence-electron chi connectivity index (χ0n) is 8.50. The average Bonchev–Trinajstić information content (AvgIpc) is 2.17. The van der Waals surface area contributed by atoms with Crippen LogP contribution in [0.15, 0.2) is 0 Å². The summed E-state index contributed by atoms with van der Waals surface area (Å²) in [6.07, 6.45) is 4.37. The van der Waals surface area contributed by atoms with Gasteiger partial charge in [0.15, 0.2) is 0 Å². The van der Waals surface area contributed by atoms with E-state index < -0.39 is 5.97 Å². The molecule has 0 aromatic rings. The molecule has 0 aromatic heterocycles. The highest BCUT2D eigenvalue weighted by Crippen LogP contribution is 2.41. The van der Waals surface area contributed by atoms with E-state index >= 15 is 0 Å². The Bertz CT molecular complexity index is 185. The Morgan fingerprint density at radius 1 is 1.36 bits per heavy atom. The lowest BCUT2D eigenvalue weighted by atomic mass is 9.75. The van der Waals surface area contributed by atoms with Gasteiger partial charge in [-0.25, -0.2) is 0 Å². The molecule has 0 aromatic carbocycles. The van der Waals surface area contributed by atoms with E-state index in [1.54, 1.807) is 0 Å². The third-order valence-electron chi connectivity index (χ3n) is 3.10. The van der Waals surface area contributed by atoms with E-state index in [2.05, 4.69) is 0 Å². The monoisotopic (exact) mass is 217 g/mol. The van der Waals surface area contributed by atoms with Gasteiger partial charge in [-0.05, 0) is 49.1 Å². The summed E-state index contributed by atoms with van der Waals surface area (Å²) in [5.74, 6) is 1.65. The van der Waals surface area contributed by atoms with Crippen LogP contribution in [0.5, 0.6) is 0 Å². The molecule has 0 aliphatic carbocycles. The molecule has 14 heavy (non-hydrogen) atoms. The fourth-order valence-electron chi connectivity index (χ4n) is 2.11. The van der Waals surface area contributed by atoms with Gasteiger partial charge in [0.1, 0.15) is 0 Å². The summed E-state index contributed by atoms with van der Waals surface area (Å²) in [7, 11) is 0. The molecule has 0 unspecified atom stereocenters. The number of aliphatic carboxylic acids is 1. The summed E-state index contributed by atoms with van der Waals surface area (Å²) in [5.41, 5.74) is 5.83. The van der Waals surface area contributed by atoms with E-state index in [-0.39, 0.29) is 5.41 Å². The van der Waals surface area contributed by atoms with Crippen molar-refractivity contribution in [2.24, 2.45) is 11.1 Å². The van der Waals surface area contributed by atoms with Crippen molar-refractivity contribution in [3.05, 3.63) is 0 Å². The summed E-state index contributed by atoms with van der Waals surface area (Å²) in [5, 5.41) is 8.69. The van der Waals surface area contributed by atoms with Gasteiger partial charge in [0, 0.05) is 6.42 Å². The van der Waals surface area contributed by atoms with Crippen LogP contribution in [0.2, 0.25) is 0 Å². The molecule has 1 aliphatic heterocycles. The Kier molecular flexibility index (Phi) is 4.75. The molecule has 3 nitrogen and oxygen atoms in total. The minimum Gasteiger partial charge on any atom is -0.481 e. The summed E-state index contributed by atoms with van der Waals surface area (Å²) in [4.78, 5) is 10.6. The maximum atomic E-state index is 10.6. The zero-order chi connectivity index (χ0) is 10.4. The predicted molar refractivity (Wildman–Crippen MR) is 59.5 cm³/mol. The van der Waals surface area contributed by atoms with Crippen LogP contribution in [0.1, 0.15) is 32.1 Å². The van der Waals surface area contributed by atoms with Gasteiger partial charge >= 0.3 is 5.97 Å². The number of carboxylic acids is 1. The molecule has 82 valence electrons. The van der Waals surface area contributed by atoms with Crippen molar-refractivity contribution >= 4 is 17.7 Å². The highest BCUT2D eigenvalue weighted by molar-refractivity contribution is 7.99. The van der Waals surface area contributed by atoms with Crippen LogP contribution < -0.4 is 5.73 Å². The lowest BCUT2D eigenvalue weighted by Gasteiger charge is -2.36. The number of hydrogen-bond acceptors (Lipinski definition) is 3. The van der Waals surface area contributed by atoms with E-state index in [1.165, 1.54) is 11.5 Å². The molecule has 0 spiro atoms. The number of rotatable bonds is 5. The molecule has 1 fully saturated rings. The van der Waals surface area contributed by atoms with E-state index in [0.29, 0.717) is 13.0 Å². The van der Waals surface area contributed by atoms with Crippen molar-refractivity contribution in [3.8, 4) is 0 Å². The second-order valence-electron chi connectivity index (χ2n) is 4.04. The summed E-state index contributed by atoms with van der Waals surface area (Å²) >= 11 is 1.97. The Balaban J connectivity index is 2.46. The van der Waals surface area contributed by atoms with E-state index in [4.69, 9.17) is 10.8 Å². The van der Waals surface area contributed by atoms with Gasteiger partial charge < -0.3 is 10.8 Å². The van der Waals surface area contributed by atoms with Crippen LogP contribution in [0.3, 0.4) is 0 Å². The lowest BCUT2D eigenvalue weighted by Crippen LogP contribution is -2.29. The maximum Gasteiger partial charge on any atom is 0.303 e. The van der Waals surface area contributed by atoms with Crippen LogP contribution in [-0.4, -0.2) is 29.1 Å². The van der Waals surface area contributed by atoms with Crippen LogP contribution in [0.25, 0.3) is 0 Å². The van der Waals surface area contributed by atoms with Gasteiger partial charge in [0.2, 0.25) is 0 Å². The highest BCUT2D eigenvalue weighted by atomic mass is 32.2. The van der Waals surface area contributed by atoms with Crippen molar-refractivity contribution in [1.29, 1.82) is 0 Å². The summed E-state index contributed by atoms with van der Waals surface area (Å²) in [6.45, 7) is 0.685. The largest absolute Gasteiger partial charge is 0.481 e. The molecule has 1 heterocycles. The first-order valence-electron chi connectivity index (χ1n) is 5.18. The van der Waals surface area contributed by atoms with Crippen molar-refractivity contribution in [3.63, 3.8) is 0 Å². The first-order chi connectivity index (χ1) is 6.68. The lowest BCUT2D eigenvalue weighted by molar-refractivity contribution is -0.137. The van der Waals surface area contributed by atoms with Crippen molar-refractivity contribution in [2.45, 2.75) is 32.1 Å². The predicted octanol–water partition coefficient (Wildman–Crippen LogP) is 1.71. The average molecular weight is 217 g/mol. The SMILES string of the molecule is NCCC1(CCC(=O)O)CCSCC1. The number of carbonyl (C=O) groups is 1. The van der Waals surface area contributed by atoms with Gasteiger partial charge in [0.25, 0.3) is 0 Å². The fourth-order valence-corrected chi connectivity index (χ4v) is 3.47. The first-order valence-corrected chi connectivity index (χ1v) is 6.34. The molecule has 0 amide bonds. The molecule has 0 atom stereocenters. The fraction of sp³-hybridized carbons (Fsp3) is 0.900. The number of nitrogens with two attached hydrogens (primary N) is 1. The molecule has 0 saturated carbocycles. The van der Waals surface area contributed by atoms with E-state index in [1.807, 2.05) is 11.8 Å². The van der Waals surface area contributed by atoms with Gasteiger partial charge in [-0.2, -0.15) is 11.8 Å². The van der Waals surface area contributed by atoms with E-state index in [9.17, 15) is 4.79 Å². The molecule has 3 N–H and O–H groups in total. The minimum atomic E-state index is -0.681. The van der Waals surface area contributed by atoms with Crippen LogP contribution >= 0.6 is 11.8 Å². The van der Waals surface area contributed by atoms with Crippen LogP contribution in [0.4, 0.5) is 0 Å². The molecule has 1 saturated heterocycles. The Hall–Kier alpha value is -0.220. The van der Waals surface area contributed by atoms with E-state index in [0.717, 1.165) is 25.7 Å². The third-order valence-corrected chi connectivity index (χ3v) is 4.08. The first kappa shape index (κ1) is 11.9. The molecular weight excluding hydrogens is 198 g/mol. The topological polar surface area (TPSA) is 63.3 Å². The minimum absolute atomic E-state index is 0.235. The van der Waals surface area contributed by atoms with Gasteiger partial charge in [-0.15, -0.1) is 0 Å². The number of thioether (sulfide) groups is 1. The van der Waals surface area contributed by atoms with Crippen molar-refractivity contribution in [1.82, 2.24) is 0 Å². The summed E-state index contributed by atoms with van der Waals surface area (Å²) in [6, 6.07) is 0. The smallest absolute Gasteiger partial charge is 0.303 e. The molecule has 0 bridgehead atoms. The van der Waals surface area contributed by atoms with Crippen LogP contribution in [0, 0.1) is 5.41 Å². The second-order valence-corrected chi connectivity index (χ2v) is 5.27. The van der Waals surface area contributed by atoms with Crippen molar-refractivity contribution < 1.29 is 9.90 Å². The molecule has 1 rings (SSSR count). The standard InChI is InChI=1S/C10H19NO2S/c11-6-3-10(2-1-9(12)13)4-7-14-8-5-10/h1-8,11H2,(H,12,13). The zero-order valence-corrected chi connectivity index (χ0v) is 9.31. The van der Waals surface area contributed by atoms with Gasteiger partial charge in [-0.1, -0.05) is 0 Å². The Morgan fingerprint density at radius 2 is 2.00 bits per heavy atom. The molecule has 1 aliphatic rings. The van der Waals surface area contributed by atoms with Crippen molar-refractivity contribution in [2.75, 3.05) is 18.1 Å². The van der Waals surface area contributed by atoms with Gasteiger partial charge in [-0.3, -0.25) is 4.79 Å². The Labute approximate surface area is 89.4 Å².